The molecule has 6 heteroatoms. The van der Waals surface area contributed by atoms with Crippen LogP contribution in [-0.2, 0) is 0 Å². The third-order valence-corrected chi connectivity index (χ3v) is 4.20. The Morgan fingerprint density at radius 3 is 2.47 bits per heavy atom. The lowest BCUT2D eigenvalue weighted by molar-refractivity contribution is 0.568. The van der Waals surface area contributed by atoms with Gasteiger partial charge in [-0.15, -0.1) is 0 Å². The molecule has 2 saturated heterocycles. The number of rotatable bonds is 2. The monoisotopic (exact) mass is 253 g/mol. The van der Waals surface area contributed by atoms with Gasteiger partial charge < -0.3 is 15.1 Å². The van der Waals surface area contributed by atoms with E-state index in [-0.39, 0.29) is 0 Å². The first-order chi connectivity index (χ1) is 8.43. The second-order valence-corrected chi connectivity index (χ2v) is 5.39. The number of piperazine rings is 1. The van der Waals surface area contributed by atoms with Crippen LogP contribution in [0, 0.1) is 0 Å². The van der Waals surface area contributed by atoms with Gasteiger partial charge in [0.2, 0.25) is 11.1 Å². The van der Waals surface area contributed by atoms with Gasteiger partial charge in [-0.2, -0.15) is 9.36 Å². The third kappa shape index (κ3) is 2.52. The summed E-state index contributed by atoms with van der Waals surface area (Å²) in [5.74, 6) is 0.947. The smallest absolute Gasteiger partial charge is 0.239 e. The van der Waals surface area contributed by atoms with E-state index < -0.39 is 0 Å². The average molecular weight is 253 g/mol. The standard InChI is InChI=1S/C11H19N5S/c1-2-6-15(7-3-1)10-13-11(17-14-10)16-8-4-12-5-9-16/h12H,1-9H2. The maximum Gasteiger partial charge on any atom is 0.239 e. The first-order valence-electron chi connectivity index (χ1n) is 6.48. The Labute approximate surface area is 106 Å². The molecule has 1 aromatic rings. The molecule has 2 aliphatic heterocycles. The van der Waals surface area contributed by atoms with Crippen molar-refractivity contribution in [3.8, 4) is 0 Å². The first kappa shape index (κ1) is 11.2. The summed E-state index contributed by atoms with van der Waals surface area (Å²) in [4.78, 5) is 9.35. The van der Waals surface area contributed by atoms with Crippen LogP contribution in [0.15, 0.2) is 0 Å². The van der Waals surface area contributed by atoms with Crippen molar-refractivity contribution in [3.63, 3.8) is 0 Å². The molecule has 0 saturated carbocycles. The van der Waals surface area contributed by atoms with Crippen LogP contribution in [0.2, 0.25) is 0 Å². The van der Waals surface area contributed by atoms with Crippen LogP contribution in [0.3, 0.4) is 0 Å². The fraction of sp³-hybridized carbons (Fsp3) is 0.818. The van der Waals surface area contributed by atoms with E-state index in [4.69, 9.17) is 0 Å². The molecule has 1 N–H and O–H groups in total. The van der Waals surface area contributed by atoms with Gasteiger partial charge in [-0.25, -0.2) is 0 Å². The minimum atomic E-state index is 0.947. The van der Waals surface area contributed by atoms with Gasteiger partial charge in [0.1, 0.15) is 0 Å². The Morgan fingerprint density at radius 1 is 0.941 bits per heavy atom. The zero-order chi connectivity index (χ0) is 11.5. The highest BCUT2D eigenvalue weighted by atomic mass is 32.1. The van der Waals surface area contributed by atoms with Gasteiger partial charge in [0, 0.05) is 50.8 Å². The highest BCUT2D eigenvalue weighted by Crippen LogP contribution is 2.24. The molecule has 0 unspecified atom stereocenters. The number of anilines is 2. The number of nitrogens with zero attached hydrogens (tertiary/aromatic N) is 4. The second-order valence-electron chi connectivity index (χ2n) is 4.66. The molecule has 3 rings (SSSR count). The van der Waals surface area contributed by atoms with Crippen molar-refractivity contribution < 1.29 is 0 Å². The third-order valence-electron chi connectivity index (χ3n) is 3.43. The molecule has 2 fully saturated rings. The van der Waals surface area contributed by atoms with E-state index in [2.05, 4.69) is 24.5 Å². The Balaban J connectivity index is 1.68. The van der Waals surface area contributed by atoms with Crippen molar-refractivity contribution in [2.45, 2.75) is 19.3 Å². The maximum atomic E-state index is 4.69. The highest BCUT2D eigenvalue weighted by molar-refractivity contribution is 7.09. The van der Waals surface area contributed by atoms with Crippen LogP contribution >= 0.6 is 11.5 Å². The topological polar surface area (TPSA) is 44.3 Å². The van der Waals surface area contributed by atoms with Gasteiger partial charge in [0.15, 0.2) is 0 Å². The molecule has 94 valence electrons. The highest BCUT2D eigenvalue weighted by Gasteiger charge is 2.19. The van der Waals surface area contributed by atoms with Crippen LogP contribution in [0.1, 0.15) is 19.3 Å². The molecule has 0 atom stereocenters. The fourth-order valence-corrected chi connectivity index (χ4v) is 3.16. The molecule has 0 aliphatic carbocycles. The van der Waals surface area contributed by atoms with Crippen LogP contribution in [0.5, 0.6) is 0 Å². The van der Waals surface area contributed by atoms with Crippen molar-refractivity contribution in [3.05, 3.63) is 0 Å². The van der Waals surface area contributed by atoms with E-state index in [1.54, 1.807) is 11.5 Å². The molecule has 1 aromatic heterocycles. The van der Waals surface area contributed by atoms with Gasteiger partial charge >= 0.3 is 0 Å². The number of hydrogen-bond acceptors (Lipinski definition) is 6. The zero-order valence-electron chi connectivity index (χ0n) is 10.1. The second kappa shape index (κ2) is 5.18. The molecule has 0 aromatic carbocycles. The van der Waals surface area contributed by atoms with Crippen LogP contribution in [-0.4, -0.2) is 48.6 Å². The summed E-state index contributed by atoms with van der Waals surface area (Å²) in [6, 6.07) is 0. The van der Waals surface area contributed by atoms with Crippen molar-refractivity contribution in [2.75, 3.05) is 49.1 Å². The Morgan fingerprint density at radius 2 is 1.71 bits per heavy atom. The van der Waals surface area contributed by atoms with Crippen molar-refractivity contribution in [1.29, 1.82) is 0 Å². The molecule has 0 bridgehead atoms. The Hall–Kier alpha value is -0.880. The predicted molar refractivity (Wildman–Crippen MR) is 71.1 cm³/mol. The summed E-state index contributed by atoms with van der Waals surface area (Å²) in [5.41, 5.74) is 0. The van der Waals surface area contributed by atoms with Crippen molar-refractivity contribution in [1.82, 2.24) is 14.7 Å². The predicted octanol–water partition coefficient (Wildman–Crippen LogP) is 0.938. The van der Waals surface area contributed by atoms with E-state index in [9.17, 15) is 0 Å². The molecule has 5 nitrogen and oxygen atoms in total. The summed E-state index contributed by atoms with van der Waals surface area (Å²) in [5, 5.41) is 4.45. The number of nitrogens with one attached hydrogen (secondary N) is 1. The average Bonchev–Trinajstić information content (AvgIpc) is 2.90. The molecule has 3 heterocycles. The number of hydrogen-bond donors (Lipinski definition) is 1. The Bertz CT molecular complexity index is 322. The van der Waals surface area contributed by atoms with Crippen LogP contribution in [0.4, 0.5) is 11.1 Å². The van der Waals surface area contributed by atoms with Crippen molar-refractivity contribution in [2.24, 2.45) is 0 Å². The minimum Gasteiger partial charge on any atom is -0.344 e. The quantitative estimate of drug-likeness (QED) is 0.850. The lowest BCUT2D eigenvalue weighted by Crippen LogP contribution is -2.43. The SMILES string of the molecule is C1CCN(c2nsc(N3CCNCC3)n2)CC1. The molecule has 2 aliphatic rings. The lowest BCUT2D eigenvalue weighted by atomic mass is 10.1. The number of piperidine rings is 1. The first-order valence-corrected chi connectivity index (χ1v) is 7.25. The van der Waals surface area contributed by atoms with E-state index in [1.165, 1.54) is 19.3 Å². The molecule has 0 radical (unpaired) electrons. The summed E-state index contributed by atoms with van der Waals surface area (Å²) in [7, 11) is 0. The lowest BCUT2D eigenvalue weighted by Gasteiger charge is -2.27. The van der Waals surface area contributed by atoms with Crippen LogP contribution in [0.25, 0.3) is 0 Å². The van der Waals surface area contributed by atoms with Gasteiger partial charge in [-0.3, -0.25) is 0 Å². The summed E-state index contributed by atoms with van der Waals surface area (Å²) >= 11 is 1.55. The van der Waals surface area contributed by atoms with Gasteiger partial charge in [-0.1, -0.05) is 0 Å². The van der Waals surface area contributed by atoms with Gasteiger partial charge in [0.25, 0.3) is 0 Å². The van der Waals surface area contributed by atoms with Crippen molar-refractivity contribution >= 4 is 22.6 Å². The maximum absolute atomic E-state index is 4.69. The largest absolute Gasteiger partial charge is 0.344 e. The van der Waals surface area contributed by atoms with Crippen LogP contribution < -0.4 is 15.1 Å². The molecular formula is C11H19N5S. The summed E-state index contributed by atoms with van der Waals surface area (Å²) in [6.07, 6.45) is 3.91. The van der Waals surface area contributed by atoms with E-state index in [1.807, 2.05) is 0 Å². The fourth-order valence-electron chi connectivity index (χ4n) is 2.41. The molecule has 0 spiro atoms. The zero-order valence-corrected chi connectivity index (χ0v) is 10.9. The van der Waals surface area contributed by atoms with E-state index in [0.29, 0.717) is 0 Å². The van der Waals surface area contributed by atoms with Gasteiger partial charge in [0.05, 0.1) is 0 Å². The molecular weight excluding hydrogens is 234 g/mol. The Kier molecular flexibility index (Phi) is 3.42. The summed E-state index contributed by atoms with van der Waals surface area (Å²) < 4.78 is 4.51. The van der Waals surface area contributed by atoms with Gasteiger partial charge in [-0.05, 0) is 19.3 Å². The molecule has 0 amide bonds. The minimum absolute atomic E-state index is 0.947. The number of aromatic nitrogens is 2. The normalized spacial score (nSPS) is 21.9. The molecule has 17 heavy (non-hydrogen) atoms. The van der Waals surface area contributed by atoms with E-state index in [0.717, 1.165) is 50.3 Å². The summed E-state index contributed by atoms with van der Waals surface area (Å²) in [6.45, 7) is 6.45. The van der Waals surface area contributed by atoms with E-state index >= 15 is 0 Å².